The van der Waals surface area contributed by atoms with Crippen molar-refractivity contribution in [1.82, 2.24) is 9.47 Å². The Bertz CT molecular complexity index is 662. The van der Waals surface area contributed by atoms with Crippen molar-refractivity contribution in [3.05, 3.63) is 36.0 Å². The number of aliphatic hydroxyl groups is 1. The van der Waals surface area contributed by atoms with Crippen LogP contribution in [0.4, 0.5) is 0 Å². The highest BCUT2D eigenvalue weighted by molar-refractivity contribution is 5.89. The lowest BCUT2D eigenvalue weighted by Crippen LogP contribution is -2.36. The average molecular weight is 300 g/mol. The summed E-state index contributed by atoms with van der Waals surface area (Å²) >= 11 is 0. The Morgan fingerprint density at radius 2 is 2.18 bits per heavy atom. The Kier molecular flexibility index (Phi) is 4.48. The molecule has 22 heavy (non-hydrogen) atoms. The molecular weight excluding hydrogens is 276 g/mol. The van der Waals surface area contributed by atoms with Crippen LogP contribution < -0.4 is 0 Å². The maximum absolute atomic E-state index is 12.7. The van der Waals surface area contributed by atoms with E-state index in [0.29, 0.717) is 12.5 Å². The van der Waals surface area contributed by atoms with Gasteiger partial charge in [0.15, 0.2) is 0 Å². The van der Waals surface area contributed by atoms with Gasteiger partial charge in [-0.2, -0.15) is 0 Å². The van der Waals surface area contributed by atoms with Crippen molar-refractivity contribution >= 4 is 16.8 Å². The lowest BCUT2D eigenvalue weighted by atomic mass is 10.1. The molecule has 0 spiro atoms. The van der Waals surface area contributed by atoms with Gasteiger partial charge in [-0.1, -0.05) is 18.2 Å². The Morgan fingerprint density at radius 1 is 1.36 bits per heavy atom. The van der Waals surface area contributed by atoms with E-state index in [4.69, 9.17) is 5.11 Å². The highest BCUT2D eigenvalue weighted by Crippen LogP contribution is 2.25. The number of para-hydroxylation sites is 1. The van der Waals surface area contributed by atoms with Gasteiger partial charge in [-0.15, -0.1) is 0 Å². The van der Waals surface area contributed by atoms with Crippen molar-refractivity contribution in [2.75, 3.05) is 13.2 Å². The Labute approximate surface area is 131 Å². The molecule has 0 bridgehead atoms. The molecule has 1 N–H and O–H groups in total. The third-order valence-electron chi connectivity index (χ3n) is 4.71. The number of rotatable bonds is 5. The summed E-state index contributed by atoms with van der Waals surface area (Å²) in [7, 11) is 2.02. The number of aliphatic hydroxyl groups excluding tert-OH is 1. The zero-order valence-electron chi connectivity index (χ0n) is 13.2. The molecule has 1 unspecified atom stereocenters. The number of nitrogens with zero attached hydrogens (tertiary/aromatic N) is 2. The summed E-state index contributed by atoms with van der Waals surface area (Å²) in [4.78, 5) is 14.7. The molecule has 1 saturated heterocycles. The van der Waals surface area contributed by atoms with E-state index < -0.39 is 0 Å². The highest BCUT2D eigenvalue weighted by atomic mass is 16.3. The first-order valence-corrected chi connectivity index (χ1v) is 8.14. The van der Waals surface area contributed by atoms with E-state index in [1.807, 2.05) is 24.1 Å². The van der Waals surface area contributed by atoms with Crippen LogP contribution in [-0.4, -0.2) is 39.7 Å². The summed E-state index contributed by atoms with van der Waals surface area (Å²) in [5, 5.41) is 10.2. The summed E-state index contributed by atoms with van der Waals surface area (Å²) in [6, 6.07) is 8.54. The number of likely N-dealkylation sites (tertiary alicyclic amines) is 1. The maximum Gasteiger partial charge on any atom is 0.227 e. The minimum atomic E-state index is 0.210. The topological polar surface area (TPSA) is 45.5 Å². The van der Waals surface area contributed by atoms with Gasteiger partial charge >= 0.3 is 0 Å². The van der Waals surface area contributed by atoms with Crippen LogP contribution in [-0.2, 0) is 18.3 Å². The van der Waals surface area contributed by atoms with Gasteiger partial charge in [0.2, 0.25) is 5.91 Å². The summed E-state index contributed by atoms with van der Waals surface area (Å²) in [5.74, 6) is 0.219. The molecule has 3 rings (SSSR count). The summed E-state index contributed by atoms with van der Waals surface area (Å²) in [6.07, 6.45) is 6.39. The lowest BCUT2D eigenvalue weighted by molar-refractivity contribution is -0.131. The number of aromatic nitrogens is 1. The number of aryl methyl sites for hydroxylation is 1. The van der Waals surface area contributed by atoms with E-state index in [0.717, 1.165) is 37.8 Å². The number of hydrogen-bond donors (Lipinski definition) is 1. The molecule has 1 fully saturated rings. The highest BCUT2D eigenvalue weighted by Gasteiger charge is 2.28. The van der Waals surface area contributed by atoms with Gasteiger partial charge in [0.25, 0.3) is 0 Å². The molecule has 4 heteroatoms. The van der Waals surface area contributed by atoms with Crippen LogP contribution in [0.5, 0.6) is 0 Å². The Balaban J connectivity index is 1.75. The minimum absolute atomic E-state index is 0.210. The van der Waals surface area contributed by atoms with E-state index in [2.05, 4.69) is 22.9 Å². The van der Waals surface area contributed by atoms with Gasteiger partial charge in [0.05, 0.1) is 6.42 Å². The normalized spacial score (nSPS) is 18.3. The molecule has 1 atom stereocenters. The van der Waals surface area contributed by atoms with Gasteiger partial charge in [-0.05, 0) is 37.3 Å². The predicted molar refractivity (Wildman–Crippen MR) is 87.7 cm³/mol. The zero-order valence-corrected chi connectivity index (χ0v) is 13.2. The van der Waals surface area contributed by atoms with Crippen LogP contribution in [0, 0.1) is 0 Å². The SMILES string of the molecule is Cn1cc(CC(=O)N2CCCC2CCCO)c2ccccc21. The molecule has 1 aliphatic rings. The van der Waals surface area contributed by atoms with Gasteiger partial charge in [0.1, 0.15) is 0 Å². The molecule has 2 heterocycles. The fraction of sp³-hybridized carbons (Fsp3) is 0.500. The molecule has 1 amide bonds. The third kappa shape index (κ3) is 2.88. The summed E-state index contributed by atoms with van der Waals surface area (Å²) < 4.78 is 2.09. The van der Waals surface area contributed by atoms with Gasteiger partial charge in [-0.25, -0.2) is 0 Å². The molecule has 1 aromatic heterocycles. The van der Waals surface area contributed by atoms with Crippen LogP contribution in [0.1, 0.15) is 31.2 Å². The fourth-order valence-corrected chi connectivity index (χ4v) is 3.62. The second-order valence-corrected chi connectivity index (χ2v) is 6.21. The van der Waals surface area contributed by atoms with Crippen molar-refractivity contribution in [3.63, 3.8) is 0 Å². The smallest absolute Gasteiger partial charge is 0.227 e. The monoisotopic (exact) mass is 300 g/mol. The summed E-state index contributed by atoms with van der Waals surface area (Å²) in [6.45, 7) is 1.07. The van der Waals surface area contributed by atoms with E-state index in [9.17, 15) is 4.79 Å². The first kappa shape index (κ1) is 15.1. The van der Waals surface area contributed by atoms with Gasteiger partial charge in [-0.3, -0.25) is 4.79 Å². The first-order valence-electron chi connectivity index (χ1n) is 8.14. The van der Waals surface area contributed by atoms with Crippen LogP contribution in [0.2, 0.25) is 0 Å². The maximum atomic E-state index is 12.7. The van der Waals surface area contributed by atoms with Crippen LogP contribution >= 0.6 is 0 Å². The van der Waals surface area contributed by atoms with Crippen molar-refractivity contribution in [2.45, 2.75) is 38.1 Å². The quantitative estimate of drug-likeness (QED) is 0.922. The van der Waals surface area contributed by atoms with Crippen LogP contribution in [0.15, 0.2) is 30.5 Å². The van der Waals surface area contributed by atoms with E-state index in [1.165, 1.54) is 10.9 Å². The first-order chi connectivity index (χ1) is 10.7. The van der Waals surface area contributed by atoms with E-state index >= 15 is 0 Å². The number of amides is 1. The summed E-state index contributed by atoms with van der Waals surface area (Å²) in [5.41, 5.74) is 2.28. The number of carbonyl (C=O) groups is 1. The molecule has 4 nitrogen and oxygen atoms in total. The number of hydrogen-bond acceptors (Lipinski definition) is 2. The largest absolute Gasteiger partial charge is 0.396 e. The predicted octanol–water partition coefficient (Wildman–Crippen LogP) is 2.48. The van der Waals surface area contributed by atoms with Gasteiger partial charge in [0, 0.05) is 43.3 Å². The van der Waals surface area contributed by atoms with Gasteiger partial charge < -0.3 is 14.6 Å². The van der Waals surface area contributed by atoms with E-state index in [1.54, 1.807) is 0 Å². The van der Waals surface area contributed by atoms with Crippen molar-refractivity contribution in [2.24, 2.45) is 7.05 Å². The Hall–Kier alpha value is -1.81. The molecular formula is C18H24N2O2. The molecule has 0 aliphatic carbocycles. The fourth-order valence-electron chi connectivity index (χ4n) is 3.62. The van der Waals surface area contributed by atoms with Crippen molar-refractivity contribution < 1.29 is 9.90 Å². The number of benzene rings is 1. The van der Waals surface area contributed by atoms with Crippen molar-refractivity contribution in [3.8, 4) is 0 Å². The Morgan fingerprint density at radius 3 is 3.00 bits per heavy atom. The number of carbonyl (C=O) groups excluding carboxylic acids is 1. The number of fused-ring (bicyclic) bond motifs is 1. The van der Waals surface area contributed by atoms with Crippen molar-refractivity contribution in [1.29, 1.82) is 0 Å². The molecule has 0 radical (unpaired) electrons. The molecule has 1 aromatic carbocycles. The van der Waals surface area contributed by atoms with Crippen LogP contribution in [0.25, 0.3) is 10.9 Å². The molecule has 2 aromatic rings. The molecule has 0 saturated carbocycles. The second kappa shape index (κ2) is 6.53. The minimum Gasteiger partial charge on any atom is -0.396 e. The standard InChI is InChI=1S/C18H24N2O2/c1-19-13-14(16-8-2-3-9-17(16)19)12-18(22)20-10-4-6-15(20)7-5-11-21/h2-3,8-9,13,15,21H,4-7,10-12H2,1H3. The molecule has 1 aliphatic heterocycles. The van der Waals surface area contributed by atoms with Crippen LogP contribution in [0.3, 0.4) is 0 Å². The second-order valence-electron chi connectivity index (χ2n) is 6.21. The third-order valence-corrected chi connectivity index (χ3v) is 4.71. The lowest BCUT2D eigenvalue weighted by Gasteiger charge is -2.24. The molecule has 118 valence electrons. The van der Waals surface area contributed by atoms with E-state index in [-0.39, 0.29) is 12.5 Å². The average Bonchev–Trinajstić information content (AvgIpc) is 3.11. The zero-order chi connectivity index (χ0) is 15.5.